The summed E-state index contributed by atoms with van der Waals surface area (Å²) in [6, 6.07) is 11.1. The van der Waals surface area contributed by atoms with Crippen molar-refractivity contribution in [2.45, 2.75) is 51.0 Å². The molecule has 1 fully saturated rings. The molecule has 0 spiro atoms. The minimum absolute atomic E-state index is 0.0616. The number of amidine groups is 1. The summed E-state index contributed by atoms with van der Waals surface area (Å²) in [5.41, 5.74) is 1.60. The number of para-hydroxylation sites is 1. The molecule has 2 heterocycles. The Morgan fingerprint density at radius 1 is 1.20 bits per heavy atom. The van der Waals surface area contributed by atoms with Crippen LogP contribution in [0, 0.1) is 11.6 Å². The summed E-state index contributed by atoms with van der Waals surface area (Å²) in [7, 11) is 1.64. The number of hydrogen-bond donors (Lipinski definition) is 1. The summed E-state index contributed by atoms with van der Waals surface area (Å²) in [6.07, 6.45) is 3.34. The van der Waals surface area contributed by atoms with Crippen LogP contribution in [0.25, 0.3) is 11.3 Å². The number of nitrogens with one attached hydrogen (secondary N) is 1. The summed E-state index contributed by atoms with van der Waals surface area (Å²) in [5.74, 6) is -1.59. The number of aromatic nitrogens is 1. The quantitative estimate of drug-likeness (QED) is 0.0675. The molecule has 238 valence electrons. The van der Waals surface area contributed by atoms with Gasteiger partial charge in [-0.25, -0.2) is 18.8 Å². The van der Waals surface area contributed by atoms with E-state index < -0.39 is 17.6 Å². The van der Waals surface area contributed by atoms with E-state index in [1.165, 1.54) is 24.3 Å². The lowest BCUT2D eigenvalue weighted by atomic mass is 10.0. The third kappa shape index (κ3) is 7.19. The van der Waals surface area contributed by atoms with Crippen molar-refractivity contribution in [1.29, 1.82) is 0 Å². The Labute approximate surface area is 267 Å². The fourth-order valence-corrected chi connectivity index (χ4v) is 5.89. The molecule has 1 N–H and O–H groups in total. The topological polar surface area (TPSA) is 87.1 Å². The van der Waals surface area contributed by atoms with E-state index in [-0.39, 0.29) is 47.1 Å². The predicted molar refractivity (Wildman–Crippen MR) is 177 cm³/mol. The Kier molecular flexibility index (Phi) is 11.0. The van der Waals surface area contributed by atoms with E-state index in [1.54, 1.807) is 30.6 Å². The molecule has 2 aromatic carbocycles. The molecule has 45 heavy (non-hydrogen) atoms. The van der Waals surface area contributed by atoms with Crippen LogP contribution in [0.5, 0.6) is 5.75 Å². The van der Waals surface area contributed by atoms with E-state index in [0.717, 1.165) is 22.2 Å². The third-order valence-corrected chi connectivity index (χ3v) is 8.42. The smallest absolute Gasteiger partial charge is 0.310 e. The molecule has 11 heteroatoms. The molecule has 3 aromatic rings. The number of rotatable bonds is 9. The number of anilines is 1. The normalized spacial score (nSPS) is 15.3. The SMILES string of the molecule is C=CC(=O)N1CCN(C(=Nc2c(SC)cccc2C(C)C)c2cc(F)c(-c3c(F)cccc3OC(=O)CC)nc2NC)C(C)C1. The molecule has 1 aliphatic rings. The van der Waals surface area contributed by atoms with Crippen LogP contribution < -0.4 is 10.1 Å². The average Bonchev–Trinajstić information content (AvgIpc) is 3.03. The number of nitrogens with zero attached hydrogens (tertiary/aromatic N) is 4. The van der Waals surface area contributed by atoms with Crippen molar-refractivity contribution in [3.63, 3.8) is 0 Å². The van der Waals surface area contributed by atoms with E-state index in [0.29, 0.717) is 31.0 Å². The Bertz CT molecular complexity index is 1630. The van der Waals surface area contributed by atoms with E-state index in [1.807, 2.05) is 36.3 Å². The third-order valence-electron chi connectivity index (χ3n) is 7.65. The minimum Gasteiger partial charge on any atom is -0.426 e. The molecule has 0 saturated carbocycles. The molecule has 0 bridgehead atoms. The summed E-state index contributed by atoms with van der Waals surface area (Å²) < 4.78 is 36.8. The largest absolute Gasteiger partial charge is 0.426 e. The number of carbonyl (C=O) groups excluding carboxylic acids is 2. The van der Waals surface area contributed by atoms with Gasteiger partial charge in [-0.15, -0.1) is 11.8 Å². The number of hydrogen-bond acceptors (Lipinski definition) is 7. The van der Waals surface area contributed by atoms with Crippen molar-refractivity contribution in [3.05, 3.63) is 77.9 Å². The van der Waals surface area contributed by atoms with E-state index >= 15 is 8.78 Å². The summed E-state index contributed by atoms with van der Waals surface area (Å²) in [4.78, 5) is 39.0. The summed E-state index contributed by atoms with van der Waals surface area (Å²) in [5, 5.41) is 3.05. The van der Waals surface area contributed by atoms with Gasteiger partial charge < -0.3 is 19.9 Å². The number of esters is 1. The van der Waals surface area contributed by atoms with E-state index in [9.17, 15) is 9.59 Å². The first kappa shape index (κ1) is 33.6. The monoisotopic (exact) mass is 635 g/mol. The van der Waals surface area contributed by atoms with Gasteiger partial charge in [0.1, 0.15) is 28.9 Å². The summed E-state index contributed by atoms with van der Waals surface area (Å²) >= 11 is 1.56. The van der Waals surface area contributed by atoms with Gasteiger partial charge in [-0.3, -0.25) is 9.59 Å². The first-order valence-corrected chi connectivity index (χ1v) is 16.1. The molecule has 1 atom stereocenters. The highest BCUT2D eigenvalue weighted by atomic mass is 32.2. The molecule has 0 radical (unpaired) electrons. The molecule has 1 aromatic heterocycles. The molecular weight excluding hydrogens is 596 g/mol. The standard InChI is InChI=1S/C34H39F2N5O3S/c1-8-28(42)40-16-17-41(21(5)19-40)34(39-31-22(20(3)4)12-10-15-27(31)45-7)23-18-25(36)32(38-33(23)37-6)30-24(35)13-11-14-26(30)44-29(43)9-2/h8,10-15,18,20-21H,1,9,16-17,19H2,2-7H3,(H,37,38). The Hall–Kier alpha value is -4.25. The molecular formula is C34H39F2N5O3S. The van der Waals surface area contributed by atoms with Crippen LogP contribution in [0.2, 0.25) is 0 Å². The highest BCUT2D eigenvalue weighted by molar-refractivity contribution is 7.98. The lowest BCUT2D eigenvalue weighted by Crippen LogP contribution is -2.55. The van der Waals surface area contributed by atoms with Crippen molar-refractivity contribution in [2.24, 2.45) is 4.99 Å². The first-order chi connectivity index (χ1) is 21.5. The molecule has 8 nitrogen and oxygen atoms in total. The van der Waals surface area contributed by atoms with Crippen molar-refractivity contribution < 1.29 is 23.1 Å². The number of ether oxygens (including phenoxy) is 1. The van der Waals surface area contributed by atoms with E-state index in [4.69, 9.17) is 9.73 Å². The molecule has 1 saturated heterocycles. The van der Waals surface area contributed by atoms with Crippen molar-refractivity contribution in [2.75, 3.05) is 38.3 Å². The number of pyridine rings is 1. The minimum atomic E-state index is -0.814. The number of halogens is 2. The van der Waals surface area contributed by atoms with E-state index in [2.05, 4.69) is 30.7 Å². The number of benzene rings is 2. The van der Waals surface area contributed by atoms with Crippen molar-refractivity contribution in [3.8, 4) is 17.0 Å². The predicted octanol–water partition coefficient (Wildman–Crippen LogP) is 7.03. The van der Waals surface area contributed by atoms with Crippen molar-refractivity contribution >= 4 is 41.0 Å². The average molecular weight is 636 g/mol. The van der Waals surface area contributed by atoms with Crippen LogP contribution in [0.4, 0.5) is 20.3 Å². The number of aliphatic imine (C=N–C) groups is 1. The van der Waals surface area contributed by atoms with Crippen molar-refractivity contribution in [1.82, 2.24) is 14.8 Å². The van der Waals surface area contributed by atoms with Gasteiger partial charge in [0.2, 0.25) is 5.91 Å². The zero-order chi connectivity index (χ0) is 32.8. The van der Waals surface area contributed by atoms with Crippen LogP contribution in [0.1, 0.15) is 51.2 Å². The molecule has 4 rings (SSSR count). The van der Waals surface area contributed by atoms with Crippen LogP contribution >= 0.6 is 11.8 Å². The van der Waals surface area contributed by atoms with Gasteiger partial charge in [-0.2, -0.15) is 0 Å². The Balaban J connectivity index is 1.96. The zero-order valence-electron chi connectivity index (χ0n) is 26.5. The van der Waals surface area contributed by atoms with Gasteiger partial charge >= 0.3 is 5.97 Å². The lowest BCUT2D eigenvalue weighted by Gasteiger charge is -2.41. The second kappa shape index (κ2) is 14.7. The van der Waals surface area contributed by atoms with Crippen LogP contribution in [-0.4, -0.2) is 71.5 Å². The number of amides is 1. The highest BCUT2D eigenvalue weighted by Crippen LogP contribution is 2.39. The van der Waals surface area contributed by atoms with Gasteiger partial charge in [0.15, 0.2) is 5.82 Å². The fraction of sp³-hybridized carbons (Fsp3) is 0.353. The number of piperazine rings is 1. The van der Waals surface area contributed by atoms with Gasteiger partial charge in [-0.1, -0.05) is 45.5 Å². The van der Waals surface area contributed by atoms with Gasteiger partial charge in [0.05, 0.1) is 16.8 Å². The summed E-state index contributed by atoms with van der Waals surface area (Å²) in [6.45, 7) is 12.6. The van der Waals surface area contributed by atoms with Crippen LogP contribution in [0.3, 0.4) is 0 Å². The fourth-order valence-electron chi connectivity index (χ4n) is 5.32. The van der Waals surface area contributed by atoms with Crippen LogP contribution in [0.15, 0.2) is 65.0 Å². The van der Waals surface area contributed by atoms with Gasteiger partial charge in [0.25, 0.3) is 0 Å². The number of thioether (sulfide) groups is 1. The molecule has 1 aliphatic heterocycles. The Morgan fingerprint density at radius 3 is 2.56 bits per heavy atom. The Morgan fingerprint density at radius 2 is 1.93 bits per heavy atom. The molecule has 0 aliphatic carbocycles. The maximum Gasteiger partial charge on any atom is 0.310 e. The van der Waals surface area contributed by atoms with Gasteiger partial charge in [-0.05, 0) is 55.0 Å². The zero-order valence-corrected chi connectivity index (χ0v) is 27.3. The van der Waals surface area contributed by atoms with Crippen LogP contribution in [-0.2, 0) is 9.59 Å². The molecule has 1 unspecified atom stereocenters. The lowest BCUT2D eigenvalue weighted by molar-refractivity contribution is -0.134. The first-order valence-electron chi connectivity index (χ1n) is 14.9. The maximum absolute atomic E-state index is 16.2. The second-order valence-electron chi connectivity index (χ2n) is 10.9. The number of carbonyl (C=O) groups is 2. The second-order valence-corrected chi connectivity index (χ2v) is 11.8. The highest BCUT2D eigenvalue weighted by Gasteiger charge is 2.32. The molecule has 1 amide bonds. The maximum atomic E-state index is 16.2. The van der Waals surface area contributed by atoms with Gasteiger partial charge in [0, 0.05) is 44.0 Å².